The lowest BCUT2D eigenvalue weighted by Crippen LogP contribution is -2.32. The number of amides is 1. The van der Waals surface area contributed by atoms with Crippen molar-refractivity contribution in [3.8, 4) is 17.4 Å². The van der Waals surface area contributed by atoms with E-state index in [4.69, 9.17) is 4.42 Å². The SMILES string of the molecule is N#C/C(=C\c1ccc(-c2ccc([N+](=O)[O-])cc2)o1)C(=O)N1CCCCCC1. The molecule has 0 atom stereocenters. The first-order valence-electron chi connectivity index (χ1n) is 8.84. The Kier molecular flexibility index (Phi) is 5.67. The molecule has 0 spiro atoms. The lowest BCUT2D eigenvalue weighted by Gasteiger charge is -2.19. The van der Waals surface area contributed by atoms with Crippen LogP contribution in [0.1, 0.15) is 31.4 Å². The molecule has 1 aliphatic heterocycles. The Labute approximate surface area is 156 Å². The molecule has 27 heavy (non-hydrogen) atoms. The highest BCUT2D eigenvalue weighted by molar-refractivity contribution is 6.01. The van der Waals surface area contributed by atoms with E-state index in [0.717, 1.165) is 25.7 Å². The molecule has 2 heterocycles. The lowest BCUT2D eigenvalue weighted by molar-refractivity contribution is -0.384. The Bertz CT molecular complexity index is 898. The highest BCUT2D eigenvalue weighted by Crippen LogP contribution is 2.25. The quantitative estimate of drug-likeness (QED) is 0.350. The molecule has 138 valence electrons. The van der Waals surface area contributed by atoms with Crippen LogP contribution in [0.15, 0.2) is 46.4 Å². The zero-order valence-electron chi connectivity index (χ0n) is 14.8. The van der Waals surface area contributed by atoms with Crippen LogP contribution in [0.3, 0.4) is 0 Å². The number of nitro groups is 1. The van der Waals surface area contributed by atoms with Gasteiger partial charge < -0.3 is 9.32 Å². The Morgan fingerprint density at radius 2 is 1.78 bits per heavy atom. The number of hydrogen-bond donors (Lipinski definition) is 0. The van der Waals surface area contributed by atoms with Crippen molar-refractivity contribution in [3.05, 3.63) is 57.8 Å². The van der Waals surface area contributed by atoms with Gasteiger partial charge in [-0.1, -0.05) is 12.8 Å². The predicted octanol–water partition coefficient (Wildman–Crippen LogP) is 4.16. The molecule has 0 N–H and O–H groups in total. The van der Waals surface area contributed by atoms with Crippen molar-refractivity contribution in [2.75, 3.05) is 13.1 Å². The standard InChI is InChI=1S/C20H19N3O4/c21-14-16(20(24)22-11-3-1-2-4-12-22)13-18-9-10-19(27-18)15-5-7-17(8-6-15)23(25)26/h5-10,13H,1-4,11-12H2/b16-13+. The second-order valence-corrected chi connectivity index (χ2v) is 6.38. The maximum Gasteiger partial charge on any atom is 0.269 e. The molecule has 1 aromatic heterocycles. The van der Waals surface area contributed by atoms with Crippen molar-refractivity contribution in [1.29, 1.82) is 5.26 Å². The Balaban J connectivity index is 1.78. The number of hydrogen-bond acceptors (Lipinski definition) is 5. The molecule has 1 aromatic carbocycles. The van der Waals surface area contributed by atoms with Gasteiger partial charge in [0.2, 0.25) is 0 Å². The Hall–Kier alpha value is -3.40. The van der Waals surface area contributed by atoms with E-state index in [1.165, 1.54) is 18.2 Å². The molecular weight excluding hydrogens is 346 g/mol. The monoisotopic (exact) mass is 365 g/mol. The normalized spacial score (nSPS) is 15.1. The fourth-order valence-electron chi connectivity index (χ4n) is 3.06. The van der Waals surface area contributed by atoms with Gasteiger partial charge >= 0.3 is 0 Å². The molecule has 0 unspecified atom stereocenters. The Morgan fingerprint density at radius 1 is 1.11 bits per heavy atom. The summed E-state index contributed by atoms with van der Waals surface area (Å²) in [6.07, 6.45) is 5.56. The second-order valence-electron chi connectivity index (χ2n) is 6.38. The van der Waals surface area contributed by atoms with E-state index >= 15 is 0 Å². The summed E-state index contributed by atoms with van der Waals surface area (Å²) >= 11 is 0. The topological polar surface area (TPSA) is 100 Å². The first-order chi connectivity index (χ1) is 13.1. The van der Waals surface area contributed by atoms with E-state index in [1.54, 1.807) is 29.2 Å². The number of carbonyl (C=O) groups excluding carboxylic acids is 1. The highest BCUT2D eigenvalue weighted by atomic mass is 16.6. The summed E-state index contributed by atoms with van der Waals surface area (Å²) in [5, 5.41) is 20.1. The van der Waals surface area contributed by atoms with Crippen molar-refractivity contribution in [2.24, 2.45) is 0 Å². The minimum Gasteiger partial charge on any atom is -0.457 e. The zero-order valence-corrected chi connectivity index (χ0v) is 14.8. The number of benzene rings is 1. The molecule has 1 fully saturated rings. The van der Waals surface area contributed by atoms with Gasteiger partial charge in [-0.15, -0.1) is 0 Å². The predicted molar refractivity (Wildman–Crippen MR) is 99.4 cm³/mol. The number of nitriles is 1. The molecule has 2 aromatic rings. The van der Waals surface area contributed by atoms with Crippen LogP contribution < -0.4 is 0 Å². The average Bonchev–Trinajstić information content (AvgIpc) is 2.98. The van der Waals surface area contributed by atoms with Crippen LogP contribution in [-0.4, -0.2) is 28.8 Å². The summed E-state index contributed by atoms with van der Waals surface area (Å²) in [7, 11) is 0. The maximum absolute atomic E-state index is 12.6. The van der Waals surface area contributed by atoms with Crippen LogP contribution in [0.5, 0.6) is 0 Å². The summed E-state index contributed by atoms with van der Waals surface area (Å²) in [5.74, 6) is 0.631. The van der Waals surface area contributed by atoms with Gasteiger partial charge in [-0.2, -0.15) is 5.26 Å². The van der Waals surface area contributed by atoms with Crippen LogP contribution >= 0.6 is 0 Å². The zero-order chi connectivity index (χ0) is 19.2. The van der Waals surface area contributed by atoms with Crippen molar-refractivity contribution >= 4 is 17.7 Å². The number of furan rings is 1. The van der Waals surface area contributed by atoms with Gasteiger partial charge in [0.05, 0.1) is 4.92 Å². The third-order valence-corrected chi connectivity index (χ3v) is 4.52. The van der Waals surface area contributed by atoms with Crippen LogP contribution in [0.25, 0.3) is 17.4 Å². The second kappa shape index (κ2) is 8.32. The van der Waals surface area contributed by atoms with Gasteiger partial charge in [0.25, 0.3) is 11.6 Å². The molecule has 0 radical (unpaired) electrons. The van der Waals surface area contributed by atoms with Crippen molar-refractivity contribution in [2.45, 2.75) is 25.7 Å². The molecule has 3 rings (SSSR count). The van der Waals surface area contributed by atoms with Crippen LogP contribution in [0.2, 0.25) is 0 Å². The molecule has 1 aliphatic rings. The minimum atomic E-state index is -0.465. The van der Waals surface area contributed by atoms with E-state index in [9.17, 15) is 20.2 Å². The van der Waals surface area contributed by atoms with E-state index in [-0.39, 0.29) is 17.2 Å². The fraction of sp³-hybridized carbons (Fsp3) is 0.300. The van der Waals surface area contributed by atoms with Crippen LogP contribution in [-0.2, 0) is 4.79 Å². The third kappa shape index (κ3) is 4.42. The van der Waals surface area contributed by atoms with Crippen molar-refractivity contribution in [3.63, 3.8) is 0 Å². The third-order valence-electron chi connectivity index (χ3n) is 4.52. The minimum absolute atomic E-state index is 0.000221. The first kappa shape index (κ1) is 18.4. The van der Waals surface area contributed by atoms with Gasteiger partial charge in [0.1, 0.15) is 23.2 Å². The fourth-order valence-corrected chi connectivity index (χ4v) is 3.06. The average molecular weight is 365 g/mol. The molecule has 0 saturated carbocycles. The lowest BCUT2D eigenvalue weighted by atomic mass is 10.1. The van der Waals surface area contributed by atoms with Crippen LogP contribution in [0, 0.1) is 21.4 Å². The van der Waals surface area contributed by atoms with Gasteiger partial charge in [-0.25, -0.2) is 0 Å². The summed E-state index contributed by atoms with van der Waals surface area (Å²) in [5.41, 5.74) is 0.722. The Morgan fingerprint density at radius 3 is 2.37 bits per heavy atom. The van der Waals surface area contributed by atoms with E-state index in [2.05, 4.69) is 0 Å². The molecular formula is C20H19N3O4. The number of nitrogens with zero attached hydrogens (tertiary/aromatic N) is 3. The van der Waals surface area contributed by atoms with Crippen molar-refractivity contribution < 1.29 is 14.1 Å². The van der Waals surface area contributed by atoms with E-state index in [0.29, 0.717) is 30.2 Å². The van der Waals surface area contributed by atoms with Gasteiger partial charge in [-0.05, 0) is 37.1 Å². The summed E-state index contributed by atoms with van der Waals surface area (Å²) in [4.78, 5) is 24.6. The molecule has 7 heteroatoms. The number of carbonyl (C=O) groups is 1. The van der Waals surface area contributed by atoms with Gasteiger partial charge in [-0.3, -0.25) is 14.9 Å². The number of likely N-dealkylation sites (tertiary alicyclic amines) is 1. The molecule has 1 saturated heterocycles. The maximum atomic E-state index is 12.6. The van der Waals surface area contributed by atoms with Crippen LogP contribution in [0.4, 0.5) is 5.69 Å². The largest absolute Gasteiger partial charge is 0.457 e. The summed E-state index contributed by atoms with van der Waals surface area (Å²) in [6.45, 7) is 1.34. The number of rotatable bonds is 4. The number of non-ortho nitro benzene ring substituents is 1. The smallest absolute Gasteiger partial charge is 0.269 e. The van der Waals surface area contributed by atoms with E-state index in [1.807, 2.05) is 6.07 Å². The van der Waals surface area contributed by atoms with E-state index < -0.39 is 4.92 Å². The molecule has 1 amide bonds. The van der Waals surface area contributed by atoms with Gasteiger partial charge in [0, 0.05) is 36.9 Å². The van der Waals surface area contributed by atoms with Gasteiger partial charge in [0.15, 0.2) is 0 Å². The molecule has 7 nitrogen and oxygen atoms in total. The summed E-state index contributed by atoms with van der Waals surface area (Å²) < 4.78 is 5.70. The first-order valence-corrected chi connectivity index (χ1v) is 8.84. The van der Waals surface area contributed by atoms with Crippen molar-refractivity contribution in [1.82, 2.24) is 4.90 Å². The summed E-state index contributed by atoms with van der Waals surface area (Å²) in [6, 6.07) is 11.3. The highest BCUT2D eigenvalue weighted by Gasteiger charge is 2.20. The number of nitro benzene ring substituents is 1. The molecule has 0 bridgehead atoms. The molecule has 0 aliphatic carbocycles.